The molecule has 20 heavy (non-hydrogen) atoms. The second kappa shape index (κ2) is 7.29. The van der Waals surface area contributed by atoms with Crippen LogP contribution in [0.15, 0.2) is 24.3 Å². The van der Waals surface area contributed by atoms with Gasteiger partial charge < -0.3 is 15.4 Å². The van der Waals surface area contributed by atoms with Crippen LogP contribution in [0, 0.1) is 5.92 Å². The molecule has 2 N–H and O–H groups in total. The molecule has 1 aromatic carbocycles. The van der Waals surface area contributed by atoms with Crippen LogP contribution < -0.4 is 10.6 Å². The highest BCUT2D eigenvalue weighted by molar-refractivity contribution is 5.92. The maximum absolute atomic E-state index is 11.5. The monoisotopic (exact) mass is 276 g/mol. The van der Waals surface area contributed by atoms with Gasteiger partial charge in [0.15, 0.2) is 0 Å². The summed E-state index contributed by atoms with van der Waals surface area (Å²) < 4.78 is 4.81. The van der Waals surface area contributed by atoms with Crippen molar-refractivity contribution in [3.63, 3.8) is 0 Å². The Hall–Kier alpha value is -1.55. The molecule has 0 heterocycles. The Morgan fingerprint density at radius 1 is 1.30 bits per heavy atom. The number of benzene rings is 1. The van der Waals surface area contributed by atoms with Gasteiger partial charge in [0.1, 0.15) is 6.61 Å². The maximum atomic E-state index is 11.5. The van der Waals surface area contributed by atoms with Gasteiger partial charge in [-0.3, -0.25) is 4.79 Å². The molecular weight excluding hydrogens is 252 g/mol. The van der Waals surface area contributed by atoms with Gasteiger partial charge in [0.05, 0.1) is 0 Å². The van der Waals surface area contributed by atoms with Crippen molar-refractivity contribution in [3.05, 3.63) is 24.3 Å². The van der Waals surface area contributed by atoms with Crippen LogP contribution in [0.5, 0.6) is 0 Å². The van der Waals surface area contributed by atoms with Crippen LogP contribution in [-0.2, 0) is 9.53 Å². The fourth-order valence-corrected chi connectivity index (χ4v) is 2.76. The minimum absolute atomic E-state index is 0.0807. The Balaban J connectivity index is 1.96. The van der Waals surface area contributed by atoms with Gasteiger partial charge in [0, 0.05) is 24.5 Å². The molecule has 1 aromatic rings. The van der Waals surface area contributed by atoms with Crippen molar-refractivity contribution in [2.75, 3.05) is 24.4 Å². The van der Waals surface area contributed by atoms with E-state index in [1.165, 1.54) is 32.8 Å². The van der Waals surface area contributed by atoms with E-state index in [0.29, 0.717) is 12.0 Å². The van der Waals surface area contributed by atoms with E-state index in [1.54, 1.807) is 0 Å². The second-order valence-corrected chi connectivity index (χ2v) is 5.57. The Kier molecular flexibility index (Phi) is 5.41. The van der Waals surface area contributed by atoms with Gasteiger partial charge >= 0.3 is 0 Å². The lowest BCUT2D eigenvalue weighted by Crippen LogP contribution is -2.30. The molecule has 2 unspecified atom stereocenters. The number of carbonyl (C=O) groups is 1. The Labute approximate surface area is 120 Å². The Morgan fingerprint density at radius 2 is 2.05 bits per heavy atom. The molecular formula is C16H24N2O2. The zero-order valence-corrected chi connectivity index (χ0v) is 12.3. The smallest absolute Gasteiger partial charge is 0.250 e. The third-order valence-corrected chi connectivity index (χ3v) is 3.89. The topological polar surface area (TPSA) is 50.4 Å². The molecule has 1 saturated carbocycles. The molecule has 0 aliphatic heterocycles. The first kappa shape index (κ1) is 14.9. The van der Waals surface area contributed by atoms with Crippen LogP contribution in [0.2, 0.25) is 0 Å². The molecule has 4 heteroatoms. The summed E-state index contributed by atoms with van der Waals surface area (Å²) in [6.45, 7) is 2.39. The van der Waals surface area contributed by atoms with Crippen molar-refractivity contribution in [1.29, 1.82) is 0 Å². The Bertz CT molecular complexity index is 448. The van der Waals surface area contributed by atoms with Crippen LogP contribution >= 0.6 is 0 Å². The first-order chi connectivity index (χ1) is 9.69. The van der Waals surface area contributed by atoms with Gasteiger partial charge in [-0.05, 0) is 37.0 Å². The normalized spacial score (nSPS) is 22.3. The molecule has 1 aliphatic rings. The second-order valence-electron chi connectivity index (χ2n) is 5.57. The van der Waals surface area contributed by atoms with Gasteiger partial charge in [-0.15, -0.1) is 0 Å². The highest BCUT2D eigenvalue weighted by Crippen LogP contribution is 2.27. The van der Waals surface area contributed by atoms with E-state index in [1.807, 2.05) is 24.3 Å². The number of carbonyl (C=O) groups excluding carboxylic acids is 1. The Morgan fingerprint density at radius 3 is 2.80 bits per heavy atom. The first-order valence-electron chi connectivity index (χ1n) is 7.34. The van der Waals surface area contributed by atoms with Crippen molar-refractivity contribution in [1.82, 2.24) is 0 Å². The highest BCUT2D eigenvalue weighted by Gasteiger charge is 2.20. The van der Waals surface area contributed by atoms with E-state index in [0.717, 1.165) is 11.4 Å². The summed E-state index contributed by atoms with van der Waals surface area (Å²) >= 11 is 0. The first-order valence-corrected chi connectivity index (χ1v) is 7.34. The molecule has 2 atom stereocenters. The summed E-state index contributed by atoms with van der Waals surface area (Å²) in [5.41, 5.74) is 1.87. The summed E-state index contributed by atoms with van der Waals surface area (Å²) in [5, 5.41) is 6.42. The van der Waals surface area contributed by atoms with Crippen molar-refractivity contribution in [2.45, 2.75) is 38.6 Å². The number of hydrogen-bond donors (Lipinski definition) is 2. The SMILES string of the molecule is COCC(=O)Nc1cccc(NC2CCCCC2C)c1. The number of amides is 1. The van der Waals surface area contributed by atoms with Crippen LogP contribution in [0.25, 0.3) is 0 Å². The number of methoxy groups -OCH3 is 1. The lowest BCUT2D eigenvalue weighted by atomic mass is 9.86. The summed E-state index contributed by atoms with van der Waals surface area (Å²) in [4.78, 5) is 11.5. The van der Waals surface area contributed by atoms with Gasteiger partial charge in [-0.2, -0.15) is 0 Å². The zero-order valence-electron chi connectivity index (χ0n) is 12.3. The fraction of sp³-hybridized carbons (Fsp3) is 0.562. The summed E-state index contributed by atoms with van der Waals surface area (Å²) in [6.07, 6.45) is 5.15. The lowest BCUT2D eigenvalue weighted by molar-refractivity contribution is -0.119. The van der Waals surface area contributed by atoms with Gasteiger partial charge in [-0.25, -0.2) is 0 Å². The average Bonchev–Trinajstić information content (AvgIpc) is 2.42. The molecule has 110 valence electrons. The number of nitrogens with one attached hydrogen (secondary N) is 2. The number of anilines is 2. The van der Waals surface area contributed by atoms with E-state index in [4.69, 9.17) is 4.74 Å². The van der Waals surface area contributed by atoms with Crippen molar-refractivity contribution in [3.8, 4) is 0 Å². The number of hydrogen-bond acceptors (Lipinski definition) is 3. The number of ether oxygens (including phenoxy) is 1. The summed E-state index contributed by atoms with van der Waals surface area (Å²) in [5.74, 6) is 0.575. The van der Waals surface area contributed by atoms with Crippen LogP contribution in [0.3, 0.4) is 0 Å². The molecule has 0 radical (unpaired) electrons. The van der Waals surface area contributed by atoms with Crippen LogP contribution in [-0.4, -0.2) is 25.7 Å². The third kappa shape index (κ3) is 4.23. The van der Waals surface area contributed by atoms with Crippen molar-refractivity contribution >= 4 is 17.3 Å². The van der Waals surface area contributed by atoms with E-state index in [-0.39, 0.29) is 12.5 Å². The molecule has 2 rings (SSSR count). The van der Waals surface area contributed by atoms with Gasteiger partial charge in [0.2, 0.25) is 5.91 Å². The molecule has 0 bridgehead atoms. The van der Waals surface area contributed by atoms with Crippen molar-refractivity contribution < 1.29 is 9.53 Å². The molecule has 1 aliphatic carbocycles. The van der Waals surface area contributed by atoms with E-state index < -0.39 is 0 Å². The average molecular weight is 276 g/mol. The van der Waals surface area contributed by atoms with Gasteiger partial charge in [-0.1, -0.05) is 25.8 Å². The van der Waals surface area contributed by atoms with Crippen LogP contribution in [0.4, 0.5) is 11.4 Å². The summed E-state index contributed by atoms with van der Waals surface area (Å²) in [7, 11) is 1.52. The largest absolute Gasteiger partial charge is 0.382 e. The van der Waals surface area contributed by atoms with E-state index >= 15 is 0 Å². The minimum Gasteiger partial charge on any atom is -0.382 e. The predicted molar refractivity (Wildman–Crippen MR) is 82.0 cm³/mol. The van der Waals surface area contributed by atoms with E-state index in [2.05, 4.69) is 17.6 Å². The minimum atomic E-state index is -0.129. The third-order valence-electron chi connectivity index (χ3n) is 3.89. The molecule has 0 spiro atoms. The van der Waals surface area contributed by atoms with Crippen LogP contribution in [0.1, 0.15) is 32.6 Å². The lowest BCUT2D eigenvalue weighted by Gasteiger charge is -2.30. The standard InChI is InChI=1S/C16H24N2O2/c1-12-6-3-4-9-15(12)17-13-7-5-8-14(10-13)18-16(19)11-20-2/h5,7-8,10,12,15,17H,3-4,6,9,11H2,1-2H3,(H,18,19). The fourth-order valence-electron chi connectivity index (χ4n) is 2.76. The molecule has 1 amide bonds. The maximum Gasteiger partial charge on any atom is 0.250 e. The van der Waals surface area contributed by atoms with E-state index in [9.17, 15) is 4.79 Å². The molecule has 4 nitrogen and oxygen atoms in total. The molecule has 0 saturated heterocycles. The number of rotatable bonds is 5. The zero-order chi connectivity index (χ0) is 14.4. The van der Waals surface area contributed by atoms with Crippen molar-refractivity contribution in [2.24, 2.45) is 5.92 Å². The molecule has 1 fully saturated rings. The van der Waals surface area contributed by atoms with Gasteiger partial charge in [0.25, 0.3) is 0 Å². The quantitative estimate of drug-likeness (QED) is 0.868. The highest BCUT2D eigenvalue weighted by atomic mass is 16.5. The molecule has 0 aromatic heterocycles. The predicted octanol–water partition coefficient (Wildman–Crippen LogP) is 3.26. The summed E-state index contributed by atoms with van der Waals surface area (Å²) in [6, 6.07) is 8.41.